The second-order valence-electron chi connectivity index (χ2n) is 3.12. The van der Waals surface area contributed by atoms with Crippen LogP contribution in [0.3, 0.4) is 0 Å². The Morgan fingerprint density at radius 3 is 2.23 bits per heavy atom. The van der Waals surface area contributed by atoms with Gasteiger partial charge in [-0.1, -0.05) is 0 Å². The summed E-state index contributed by atoms with van der Waals surface area (Å²) in [5, 5.41) is 0. The zero-order valence-corrected chi connectivity index (χ0v) is 7.17. The molecule has 0 aromatic rings. The van der Waals surface area contributed by atoms with Crippen LogP contribution in [0, 0.1) is 0 Å². The first-order chi connectivity index (χ1) is 5.91. The Kier molecular flexibility index (Phi) is 3.15. The first-order valence-electron chi connectivity index (χ1n) is 3.96. The van der Waals surface area contributed by atoms with Crippen molar-refractivity contribution in [1.82, 2.24) is 0 Å². The Morgan fingerprint density at radius 2 is 2.00 bits per heavy atom. The van der Waals surface area contributed by atoms with Gasteiger partial charge >= 0.3 is 6.18 Å². The maximum atomic E-state index is 12.2. The van der Waals surface area contributed by atoms with Gasteiger partial charge in [0.25, 0.3) is 0 Å². The molecule has 0 spiro atoms. The molecule has 78 valence electrons. The zero-order valence-electron chi connectivity index (χ0n) is 7.17. The molecule has 1 aliphatic rings. The summed E-state index contributed by atoms with van der Waals surface area (Å²) in [5.41, 5.74) is 5.16. The van der Waals surface area contributed by atoms with E-state index in [0.717, 1.165) is 0 Å². The van der Waals surface area contributed by atoms with Crippen LogP contribution in [-0.4, -0.2) is 37.6 Å². The zero-order chi connectivity index (χ0) is 10.1. The van der Waals surface area contributed by atoms with Gasteiger partial charge in [-0.25, -0.2) is 0 Å². The first kappa shape index (κ1) is 10.7. The van der Waals surface area contributed by atoms with Gasteiger partial charge in [0.05, 0.1) is 13.2 Å². The van der Waals surface area contributed by atoms with Crippen molar-refractivity contribution in [3.05, 3.63) is 0 Å². The van der Waals surface area contributed by atoms with E-state index in [4.69, 9.17) is 15.2 Å². The van der Waals surface area contributed by atoms with Crippen molar-refractivity contribution in [2.45, 2.75) is 31.3 Å². The van der Waals surface area contributed by atoms with Gasteiger partial charge in [-0.05, 0) is 6.92 Å². The molecule has 1 rings (SSSR count). The Bertz CT molecular complexity index is 168. The van der Waals surface area contributed by atoms with E-state index in [1.54, 1.807) is 0 Å². The monoisotopic (exact) mass is 199 g/mol. The topological polar surface area (TPSA) is 44.5 Å². The van der Waals surface area contributed by atoms with E-state index >= 15 is 0 Å². The summed E-state index contributed by atoms with van der Waals surface area (Å²) in [6.07, 6.45) is -6.75. The van der Waals surface area contributed by atoms with Crippen LogP contribution in [0.2, 0.25) is 0 Å². The standard InChI is InChI=1S/C7H12F3NO2/c1-4(11)6(7(8,9)10)13-5-2-12-3-5/h4-6H,2-3,11H2,1H3. The van der Waals surface area contributed by atoms with Crippen LogP contribution >= 0.6 is 0 Å². The van der Waals surface area contributed by atoms with Crippen LogP contribution in [0.15, 0.2) is 0 Å². The maximum absolute atomic E-state index is 12.2. The van der Waals surface area contributed by atoms with Gasteiger partial charge < -0.3 is 15.2 Å². The van der Waals surface area contributed by atoms with Gasteiger partial charge in [-0.15, -0.1) is 0 Å². The smallest absolute Gasteiger partial charge is 0.376 e. The molecule has 0 aliphatic carbocycles. The van der Waals surface area contributed by atoms with Crippen LogP contribution in [0.5, 0.6) is 0 Å². The van der Waals surface area contributed by atoms with Crippen molar-refractivity contribution in [3.63, 3.8) is 0 Å². The molecule has 1 aliphatic heterocycles. The fourth-order valence-corrected chi connectivity index (χ4v) is 0.999. The van der Waals surface area contributed by atoms with Crippen LogP contribution in [0.25, 0.3) is 0 Å². The summed E-state index contributed by atoms with van der Waals surface area (Å²) in [7, 11) is 0. The summed E-state index contributed by atoms with van der Waals surface area (Å²) in [5.74, 6) is 0. The van der Waals surface area contributed by atoms with Crippen LogP contribution in [0.1, 0.15) is 6.92 Å². The van der Waals surface area contributed by atoms with Crippen LogP contribution in [0.4, 0.5) is 13.2 Å². The number of halogens is 3. The molecule has 2 unspecified atom stereocenters. The molecular formula is C7H12F3NO2. The molecule has 0 aromatic heterocycles. The van der Waals surface area contributed by atoms with E-state index in [0.29, 0.717) is 0 Å². The quantitative estimate of drug-likeness (QED) is 0.726. The van der Waals surface area contributed by atoms with Gasteiger partial charge in [-0.3, -0.25) is 0 Å². The van der Waals surface area contributed by atoms with E-state index in [-0.39, 0.29) is 13.2 Å². The average Bonchev–Trinajstić information content (AvgIpc) is 1.79. The Hall–Kier alpha value is -0.330. The van der Waals surface area contributed by atoms with E-state index in [1.807, 2.05) is 0 Å². The van der Waals surface area contributed by atoms with Gasteiger partial charge in [-0.2, -0.15) is 13.2 Å². The highest BCUT2D eigenvalue weighted by Crippen LogP contribution is 2.27. The molecule has 1 saturated heterocycles. The van der Waals surface area contributed by atoms with Crippen molar-refractivity contribution in [1.29, 1.82) is 0 Å². The van der Waals surface area contributed by atoms with E-state index < -0.39 is 24.4 Å². The molecule has 6 heteroatoms. The molecular weight excluding hydrogens is 187 g/mol. The van der Waals surface area contributed by atoms with Crippen molar-refractivity contribution in [2.75, 3.05) is 13.2 Å². The SMILES string of the molecule is CC(N)C(OC1COC1)C(F)(F)F. The largest absolute Gasteiger partial charge is 0.416 e. The molecule has 0 aromatic carbocycles. The average molecular weight is 199 g/mol. The van der Waals surface area contributed by atoms with E-state index in [2.05, 4.69) is 0 Å². The third-order valence-electron chi connectivity index (χ3n) is 1.75. The molecule has 1 fully saturated rings. The van der Waals surface area contributed by atoms with Gasteiger partial charge in [0.1, 0.15) is 6.10 Å². The fourth-order valence-electron chi connectivity index (χ4n) is 0.999. The molecule has 0 bridgehead atoms. The number of hydrogen-bond donors (Lipinski definition) is 1. The normalized spacial score (nSPS) is 23.8. The van der Waals surface area contributed by atoms with E-state index in [9.17, 15) is 13.2 Å². The summed E-state index contributed by atoms with van der Waals surface area (Å²) in [6.45, 7) is 1.72. The fraction of sp³-hybridized carbons (Fsp3) is 1.00. The Morgan fingerprint density at radius 1 is 1.46 bits per heavy atom. The Labute approximate surface area is 74.0 Å². The second-order valence-corrected chi connectivity index (χ2v) is 3.12. The number of hydrogen-bond acceptors (Lipinski definition) is 3. The highest BCUT2D eigenvalue weighted by molar-refractivity contribution is 4.79. The van der Waals surface area contributed by atoms with Crippen LogP contribution < -0.4 is 5.73 Å². The third kappa shape index (κ3) is 2.82. The first-order valence-corrected chi connectivity index (χ1v) is 3.96. The second kappa shape index (κ2) is 3.81. The molecule has 2 N–H and O–H groups in total. The molecule has 0 amide bonds. The maximum Gasteiger partial charge on any atom is 0.416 e. The lowest BCUT2D eigenvalue weighted by atomic mass is 10.2. The van der Waals surface area contributed by atoms with E-state index in [1.165, 1.54) is 6.92 Å². The van der Waals surface area contributed by atoms with Crippen molar-refractivity contribution < 1.29 is 22.6 Å². The van der Waals surface area contributed by atoms with Crippen LogP contribution in [-0.2, 0) is 9.47 Å². The molecule has 0 radical (unpaired) electrons. The summed E-state index contributed by atoms with van der Waals surface area (Å²) in [6, 6.07) is -1.06. The predicted octanol–water partition coefficient (Wildman–Crippen LogP) is 0.680. The van der Waals surface area contributed by atoms with Crippen molar-refractivity contribution in [2.24, 2.45) is 5.73 Å². The lowest BCUT2D eigenvalue weighted by Gasteiger charge is -2.33. The summed E-state index contributed by atoms with van der Waals surface area (Å²) in [4.78, 5) is 0. The highest BCUT2D eigenvalue weighted by Gasteiger charge is 2.45. The van der Waals surface area contributed by atoms with Gasteiger partial charge in [0, 0.05) is 6.04 Å². The minimum atomic E-state index is -4.40. The molecule has 0 saturated carbocycles. The molecule has 2 atom stereocenters. The number of nitrogens with two attached hydrogens (primary N) is 1. The lowest BCUT2D eigenvalue weighted by molar-refractivity contribution is -0.264. The van der Waals surface area contributed by atoms with Gasteiger partial charge in [0.2, 0.25) is 0 Å². The lowest BCUT2D eigenvalue weighted by Crippen LogP contribution is -2.51. The number of alkyl halides is 3. The third-order valence-corrected chi connectivity index (χ3v) is 1.75. The van der Waals surface area contributed by atoms with Gasteiger partial charge in [0.15, 0.2) is 6.10 Å². The predicted molar refractivity (Wildman–Crippen MR) is 39.2 cm³/mol. The number of rotatable bonds is 3. The minimum Gasteiger partial charge on any atom is -0.376 e. The highest BCUT2D eigenvalue weighted by atomic mass is 19.4. The summed E-state index contributed by atoms with van der Waals surface area (Å²) < 4.78 is 46.2. The summed E-state index contributed by atoms with van der Waals surface area (Å²) >= 11 is 0. The van der Waals surface area contributed by atoms with Crippen molar-refractivity contribution >= 4 is 0 Å². The number of ether oxygens (including phenoxy) is 2. The van der Waals surface area contributed by atoms with Crippen molar-refractivity contribution in [3.8, 4) is 0 Å². The molecule has 1 heterocycles. The molecule has 13 heavy (non-hydrogen) atoms. The minimum absolute atomic E-state index is 0.222. The molecule has 3 nitrogen and oxygen atoms in total. The Balaban J connectivity index is 2.46.